The molecule has 0 bridgehead atoms. The van der Waals surface area contributed by atoms with E-state index >= 15 is 0 Å². The average molecular weight is 450 g/mol. The van der Waals surface area contributed by atoms with E-state index in [9.17, 15) is 14.0 Å². The molecule has 1 amide bonds. The van der Waals surface area contributed by atoms with Gasteiger partial charge >= 0.3 is 5.97 Å². The van der Waals surface area contributed by atoms with Crippen LogP contribution in [0.15, 0.2) is 36.4 Å². The number of carbonyl (C=O) groups excluding carboxylic acids is 1. The molecular formula is C23H28FNO5S. The van der Waals surface area contributed by atoms with Gasteiger partial charge in [-0.15, -0.1) is 11.8 Å². The van der Waals surface area contributed by atoms with Crippen molar-refractivity contribution in [2.24, 2.45) is 0 Å². The highest BCUT2D eigenvalue weighted by atomic mass is 32.2. The molecule has 0 saturated heterocycles. The lowest BCUT2D eigenvalue weighted by Gasteiger charge is -2.23. The normalized spacial score (nSPS) is 10.6. The van der Waals surface area contributed by atoms with Crippen molar-refractivity contribution < 1.29 is 28.6 Å². The molecule has 6 nitrogen and oxygen atoms in total. The van der Waals surface area contributed by atoms with E-state index in [1.165, 1.54) is 32.0 Å². The summed E-state index contributed by atoms with van der Waals surface area (Å²) in [5.41, 5.74) is 1.83. The molecule has 0 heterocycles. The fourth-order valence-corrected chi connectivity index (χ4v) is 3.87. The van der Waals surface area contributed by atoms with E-state index in [0.717, 1.165) is 5.56 Å². The maximum Gasteiger partial charge on any atom is 0.313 e. The molecule has 0 fully saturated rings. The first-order valence-electron chi connectivity index (χ1n) is 9.92. The zero-order valence-corrected chi connectivity index (χ0v) is 18.8. The summed E-state index contributed by atoms with van der Waals surface area (Å²) < 4.78 is 24.6. The van der Waals surface area contributed by atoms with E-state index < -0.39 is 5.97 Å². The minimum absolute atomic E-state index is 0.0244. The van der Waals surface area contributed by atoms with Gasteiger partial charge in [-0.05, 0) is 43.5 Å². The number of halogens is 1. The number of thioether (sulfide) groups is 1. The van der Waals surface area contributed by atoms with Crippen LogP contribution in [0.25, 0.3) is 0 Å². The second-order valence-corrected chi connectivity index (χ2v) is 8.04. The van der Waals surface area contributed by atoms with Gasteiger partial charge in [0.15, 0.2) is 0 Å². The van der Waals surface area contributed by atoms with Crippen molar-refractivity contribution in [3.8, 4) is 11.5 Å². The number of carbonyl (C=O) groups is 2. The molecule has 1 N–H and O–H groups in total. The van der Waals surface area contributed by atoms with Crippen molar-refractivity contribution in [1.29, 1.82) is 0 Å². The highest BCUT2D eigenvalue weighted by Gasteiger charge is 2.19. The smallest absolute Gasteiger partial charge is 0.313 e. The molecule has 2 aromatic carbocycles. The molecule has 31 heavy (non-hydrogen) atoms. The Balaban J connectivity index is 2.15. The van der Waals surface area contributed by atoms with E-state index in [2.05, 4.69) is 0 Å². The summed E-state index contributed by atoms with van der Waals surface area (Å²) in [6.45, 7) is 2.65. The fourth-order valence-electron chi connectivity index (χ4n) is 3.20. The predicted molar refractivity (Wildman–Crippen MR) is 120 cm³/mol. The Labute approximate surface area is 186 Å². The zero-order valence-electron chi connectivity index (χ0n) is 18.0. The fraction of sp³-hybridized carbons (Fsp3) is 0.391. The van der Waals surface area contributed by atoms with Gasteiger partial charge in [-0.3, -0.25) is 9.59 Å². The maximum absolute atomic E-state index is 13.9. The molecule has 0 aromatic heterocycles. The minimum atomic E-state index is -0.893. The van der Waals surface area contributed by atoms with Crippen molar-refractivity contribution in [2.75, 3.05) is 38.8 Å². The van der Waals surface area contributed by atoms with Crippen molar-refractivity contribution in [2.45, 2.75) is 19.8 Å². The van der Waals surface area contributed by atoms with Crippen LogP contribution in [0.5, 0.6) is 11.5 Å². The van der Waals surface area contributed by atoms with E-state index in [1.54, 1.807) is 35.2 Å². The van der Waals surface area contributed by atoms with Gasteiger partial charge in [0.05, 0.1) is 20.0 Å². The predicted octanol–water partition coefficient (Wildman–Crippen LogP) is 4.04. The second-order valence-electron chi connectivity index (χ2n) is 6.94. The van der Waals surface area contributed by atoms with Crippen LogP contribution in [0.2, 0.25) is 0 Å². The van der Waals surface area contributed by atoms with Gasteiger partial charge in [-0.1, -0.05) is 18.2 Å². The van der Waals surface area contributed by atoms with Crippen LogP contribution in [0, 0.1) is 12.7 Å². The van der Waals surface area contributed by atoms with Crippen LogP contribution in [-0.4, -0.2) is 60.7 Å². The van der Waals surface area contributed by atoms with E-state index in [1.807, 2.05) is 6.92 Å². The molecule has 0 spiro atoms. The van der Waals surface area contributed by atoms with Gasteiger partial charge in [0, 0.05) is 30.0 Å². The van der Waals surface area contributed by atoms with Gasteiger partial charge < -0.3 is 19.5 Å². The number of rotatable bonds is 12. The largest absolute Gasteiger partial charge is 0.496 e. The summed E-state index contributed by atoms with van der Waals surface area (Å²) >= 11 is 1.25. The van der Waals surface area contributed by atoms with Gasteiger partial charge in [-0.2, -0.15) is 0 Å². The standard InChI is InChI=1S/C23H28FNO5S/c1-16-20(29-2)13-18(14-21(16)30-3)23(28)25(11-12-31-15-22(26)27)10-6-8-17-7-4-5-9-19(17)24/h4-5,7,9,13-14H,6,8,10-12,15H2,1-3H3,(H,26,27). The van der Waals surface area contributed by atoms with Crippen molar-refractivity contribution in [3.05, 3.63) is 58.9 Å². The summed E-state index contributed by atoms with van der Waals surface area (Å²) in [6, 6.07) is 9.94. The molecule has 8 heteroatoms. The van der Waals surface area contributed by atoms with Gasteiger partial charge in [0.1, 0.15) is 17.3 Å². The van der Waals surface area contributed by atoms with Crippen LogP contribution < -0.4 is 9.47 Å². The monoisotopic (exact) mass is 449 g/mol. The number of carboxylic acid groups (broad SMARTS) is 1. The van der Waals surface area contributed by atoms with Crippen LogP contribution in [0.1, 0.15) is 27.9 Å². The lowest BCUT2D eigenvalue weighted by atomic mass is 10.1. The Morgan fingerprint density at radius 3 is 2.32 bits per heavy atom. The topological polar surface area (TPSA) is 76.1 Å². The van der Waals surface area contributed by atoms with E-state index in [0.29, 0.717) is 54.3 Å². The molecule has 0 aliphatic heterocycles. The van der Waals surface area contributed by atoms with Gasteiger partial charge in [0.25, 0.3) is 5.91 Å². The van der Waals surface area contributed by atoms with Gasteiger partial charge in [0.2, 0.25) is 0 Å². The lowest BCUT2D eigenvalue weighted by Crippen LogP contribution is -2.34. The number of nitrogens with zero attached hydrogens (tertiary/aromatic N) is 1. The lowest BCUT2D eigenvalue weighted by molar-refractivity contribution is -0.133. The van der Waals surface area contributed by atoms with Crippen LogP contribution >= 0.6 is 11.8 Å². The third-order valence-electron chi connectivity index (χ3n) is 4.85. The number of ether oxygens (including phenoxy) is 2. The number of hydrogen-bond acceptors (Lipinski definition) is 5. The van der Waals surface area contributed by atoms with Crippen molar-refractivity contribution >= 4 is 23.6 Å². The summed E-state index contributed by atoms with van der Waals surface area (Å²) in [6.07, 6.45) is 1.08. The molecule has 168 valence electrons. The van der Waals surface area contributed by atoms with E-state index in [4.69, 9.17) is 14.6 Å². The number of aliphatic carboxylic acids is 1. The Bertz CT molecular complexity index is 880. The Morgan fingerprint density at radius 1 is 1.10 bits per heavy atom. The highest BCUT2D eigenvalue weighted by molar-refractivity contribution is 7.99. The number of benzene rings is 2. The molecule has 2 rings (SSSR count). The van der Waals surface area contributed by atoms with Crippen LogP contribution in [0.4, 0.5) is 4.39 Å². The Hall–Kier alpha value is -2.74. The third kappa shape index (κ3) is 7.17. The molecule has 0 aliphatic carbocycles. The number of carboxylic acids is 1. The van der Waals surface area contributed by atoms with Crippen molar-refractivity contribution in [3.63, 3.8) is 0 Å². The molecule has 0 saturated carbocycles. The van der Waals surface area contributed by atoms with E-state index in [-0.39, 0.29) is 17.5 Å². The number of amides is 1. The molecule has 0 aliphatic rings. The zero-order chi connectivity index (χ0) is 22.8. The first-order chi connectivity index (χ1) is 14.9. The van der Waals surface area contributed by atoms with Crippen LogP contribution in [-0.2, 0) is 11.2 Å². The molecule has 0 atom stereocenters. The van der Waals surface area contributed by atoms with Gasteiger partial charge in [-0.25, -0.2) is 4.39 Å². The number of methoxy groups -OCH3 is 2. The SMILES string of the molecule is COc1cc(C(=O)N(CCCc2ccccc2F)CCSCC(=O)O)cc(OC)c1C. The minimum Gasteiger partial charge on any atom is -0.496 e. The summed E-state index contributed by atoms with van der Waals surface area (Å²) in [7, 11) is 3.06. The third-order valence-corrected chi connectivity index (χ3v) is 5.77. The second kappa shape index (κ2) is 12.2. The molecule has 2 aromatic rings. The maximum atomic E-state index is 13.9. The number of hydrogen-bond donors (Lipinski definition) is 1. The summed E-state index contributed by atoms with van der Waals surface area (Å²) in [5.74, 6) is 0.201. The first-order valence-corrected chi connectivity index (χ1v) is 11.1. The van der Waals surface area contributed by atoms with Crippen LogP contribution in [0.3, 0.4) is 0 Å². The summed E-state index contributed by atoms with van der Waals surface area (Å²) in [4.78, 5) is 25.7. The first kappa shape index (κ1) is 24.5. The number of aryl methyl sites for hydroxylation is 1. The Kier molecular flexibility index (Phi) is 9.65. The summed E-state index contributed by atoms with van der Waals surface area (Å²) in [5, 5.41) is 8.84. The molecule has 0 unspecified atom stereocenters. The Morgan fingerprint density at radius 2 is 1.74 bits per heavy atom. The average Bonchev–Trinajstić information content (AvgIpc) is 2.76. The molecule has 0 radical (unpaired) electrons. The molecular weight excluding hydrogens is 421 g/mol. The highest BCUT2D eigenvalue weighted by Crippen LogP contribution is 2.30. The quantitative estimate of drug-likeness (QED) is 0.493. The van der Waals surface area contributed by atoms with Crippen molar-refractivity contribution in [1.82, 2.24) is 4.90 Å².